The molecule has 3 N–H and O–H groups in total. The van der Waals surface area contributed by atoms with E-state index >= 15 is 0 Å². The van der Waals surface area contributed by atoms with Crippen LogP contribution in [0.2, 0.25) is 0 Å². The van der Waals surface area contributed by atoms with Crippen molar-refractivity contribution < 1.29 is 23.7 Å². The lowest BCUT2D eigenvalue weighted by Gasteiger charge is -2.30. The first kappa shape index (κ1) is 13.8. The minimum atomic E-state index is -3.67. The Morgan fingerprint density at radius 2 is 1.86 bits per heavy atom. The van der Waals surface area contributed by atoms with Gasteiger partial charge in [0.2, 0.25) is 5.56 Å². The molecule has 0 radical (unpaired) electrons. The smallest absolute Gasteiger partial charge is 0.213 e. The molecule has 0 saturated carbocycles. The molecule has 0 heterocycles. The van der Waals surface area contributed by atoms with Gasteiger partial charge in [0.05, 0.1) is 13.3 Å². The van der Waals surface area contributed by atoms with Gasteiger partial charge in [-0.2, -0.15) is 0 Å². The molecule has 0 bridgehead atoms. The van der Waals surface area contributed by atoms with Gasteiger partial charge in [-0.05, 0) is 6.42 Å². The predicted molar refractivity (Wildman–Crippen MR) is 50.9 cm³/mol. The van der Waals surface area contributed by atoms with E-state index in [1.807, 2.05) is 0 Å². The molecule has 86 valence electrons. The van der Waals surface area contributed by atoms with Gasteiger partial charge in [-0.3, -0.25) is 0 Å². The van der Waals surface area contributed by atoms with Crippen molar-refractivity contribution in [2.24, 2.45) is 0 Å². The molecule has 6 nitrogen and oxygen atoms in total. The second kappa shape index (κ2) is 5.62. The third-order valence-electron chi connectivity index (χ3n) is 1.98. The van der Waals surface area contributed by atoms with E-state index in [1.54, 1.807) is 6.92 Å². The van der Waals surface area contributed by atoms with Gasteiger partial charge in [-0.25, -0.2) is 13.3 Å². The van der Waals surface area contributed by atoms with Gasteiger partial charge in [0.1, 0.15) is 0 Å². The van der Waals surface area contributed by atoms with Crippen molar-refractivity contribution in [1.82, 2.24) is 4.90 Å². The van der Waals surface area contributed by atoms with Gasteiger partial charge in [0.15, 0.2) is 9.84 Å². The third kappa shape index (κ3) is 3.50. The van der Waals surface area contributed by atoms with Gasteiger partial charge in [-0.15, -0.1) is 0 Å². The molecule has 0 amide bonds. The summed E-state index contributed by atoms with van der Waals surface area (Å²) in [5.41, 5.74) is -1.77. The normalized spacial score (nSPS) is 17.0. The fourth-order valence-corrected chi connectivity index (χ4v) is 1.81. The first-order valence-electron chi connectivity index (χ1n) is 4.22. The number of aliphatic hydroxyl groups is 3. The SMILES string of the molecule is CCC(CO)N(CO)C(O)S(C)(=O)=O. The van der Waals surface area contributed by atoms with Crippen LogP contribution in [0.5, 0.6) is 0 Å². The van der Waals surface area contributed by atoms with E-state index in [0.717, 1.165) is 11.2 Å². The lowest BCUT2D eigenvalue weighted by molar-refractivity contribution is -0.0434. The molecule has 0 saturated heterocycles. The summed E-state index contributed by atoms with van der Waals surface area (Å²) in [6.45, 7) is 0.787. The Balaban J connectivity index is 4.71. The Kier molecular flexibility index (Phi) is 5.53. The average molecular weight is 227 g/mol. The van der Waals surface area contributed by atoms with Gasteiger partial charge >= 0.3 is 0 Å². The minimum absolute atomic E-state index is 0.316. The maximum Gasteiger partial charge on any atom is 0.213 e. The molecule has 7 heteroatoms. The van der Waals surface area contributed by atoms with Crippen LogP contribution in [0.3, 0.4) is 0 Å². The van der Waals surface area contributed by atoms with Crippen molar-refractivity contribution in [1.29, 1.82) is 0 Å². The van der Waals surface area contributed by atoms with Gasteiger partial charge in [0, 0.05) is 12.3 Å². The summed E-state index contributed by atoms with van der Waals surface area (Å²) >= 11 is 0. The summed E-state index contributed by atoms with van der Waals surface area (Å²) in [6, 6.07) is -0.565. The molecule has 0 fully saturated rings. The van der Waals surface area contributed by atoms with Crippen LogP contribution in [-0.4, -0.2) is 59.8 Å². The van der Waals surface area contributed by atoms with Crippen LogP contribution >= 0.6 is 0 Å². The van der Waals surface area contributed by atoms with E-state index in [9.17, 15) is 13.5 Å². The molecule has 2 unspecified atom stereocenters. The number of rotatable bonds is 6. The van der Waals surface area contributed by atoms with Crippen LogP contribution in [0.15, 0.2) is 0 Å². The van der Waals surface area contributed by atoms with E-state index in [2.05, 4.69) is 0 Å². The Morgan fingerprint density at radius 1 is 1.36 bits per heavy atom. The summed E-state index contributed by atoms with van der Waals surface area (Å²) in [5.74, 6) is 0. The van der Waals surface area contributed by atoms with Gasteiger partial charge in [0.25, 0.3) is 0 Å². The topological polar surface area (TPSA) is 98.1 Å². The highest BCUT2D eigenvalue weighted by molar-refractivity contribution is 7.91. The van der Waals surface area contributed by atoms with Gasteiger partial charge in [-0.1, -0.05) is 6.92 Å². The molecule has 0 rings (SSSR count). The number of sulfone groups is 1. The minimum Gasteiger partial charge on any atom is -0.395 e. The van der Waals surface area contributed by atoms with Crippen molar-refractivity contribution in [3.63, 3.8) is 0 Å². The Bertz CT molecular complexity index is 249. The summed E-state index contributed by atoms with van der Waals surface area (Å²) in [5, 5.41) is 27.1. The highest BCUT2D eigenvalue weighted by Gasteiger charge is 2.29. The Morgan fingerprint density at radius 3 is 2.07 bits per heavy atom. The molecule has 0 spiro atoms. The molecule has 0 aliphatic carbocycles. The molecular weight excluding hydrogens is 210 g/mol. The van der Waals surface area contributed by atoms with Crippen molar-refractivity contribution in [3.8, 4) is 0 Å². The van der Waals surface area contributed by atoms with E-state index in [0.29, 0.717) is 6.42 Å². The van der Waals surface area contributed by atoms with Crippen LogP contribution < -0.4 is 0 Å². The molecule has 0 aromatic rings. The summed E-state index contributed by atoms with van der Waals surface area (Å²) < 4.78 is 22.0. The third-order valence-corrected chi connectivity index (χ3v) is 3.02. The molecule has 0 aliphatic heterocycles. The Hall–Kier alpha value is -0.210. The first-order valence-corrected chi connectivity index (χ1v) is 6.18. The zero-order valence-electron chi connectivity index (χ0n) is 8.29. The average Bonchev–Trinajstić information content (AvgIpc) is 2.11. The van der Waals surface area contributed by atoms with Crippen LogP contribution in [0.4, 0.5) is 0 Å². The number of aliphatic hydroxyl groups excluding tert-OH is 3. The second-order valence-corrected chi connectivity index (χ2v) is 5.14. The number of hydrogen-bond donors (Lipinski definition) is 3. The number of nitrogens with zero attached hydrogens (tertiary/aromatic N) is 1. The summed E-state index contributed by atoms with van der Waals surface area (Å²) in [4.78, 5) is 0.926. The zero-order chi connectivity index (χ0) is 11.4. The quantitative estimate of drug-likeness (QED) is 0.469. The maximum atomic E-state index is 11.0. The highest BCUT2D eigenvalue weighted by atomic mass is 32.2. The van der Waals surface area contributed by atoms with Crippen molar-refractivity contribution in [2.75, 3.05) is 19.6 Å². The lowest BCUT2D eigenvalue weighted by atomic mass is 10.2. The molecule has 14 heavy (non-hydrogen) atoms. The first-order chi connectivity index (χ1) is 6.38. The largest absolute Gasteiger partial charge is 0.395 e. The molecule has 0 aromatic heterocycles. The molecule has 0 aromatic carbocycles. The van der Waals surface area contributed by atoms with E-state index in [4.69, 9.17) is 10.2 Å². The second-order valence-electron chi connectivity index (χ2n) is 3.06. The monoisotopic (exact) mass is 227 g/mol. The van der Waals surface area contributed by atoms with Crippen LogP contribution in [-0.2, 0) is 9.84 Å². The van der Waals surface area contributed by atoms with Crippen molar-refractivity contribution >= 4 is 9.84 Å². The summed E-state index contributed by atoms with van der Waals surface area (Å²) in [6.07, 6.45) is 1.30. The highest BCUT2D eigenvalue weighted by Crippen LogP contribution is 2.10. The lowest BCUT2D eigenvalue weighted by Crippen LogP contribution is -2.48. The van der Waals surface area contributed by atoms with Crippen LogP contribution in [0.1, 0.15) is 13.3 Å². The summed E-state index contributed by atoms with van der Waals surface area (Å²) in [7, 11) is -3.67. The molecule has 0 aliphatic rings. The van der Waals surface area contributed by atoms with E-state index in [-0.39, 0.29) is 6.61 Å². The van der Waals surface area contributed by atoms with Crippen LogP contribution in [0, 0.1) is 0 Å². The fourth-order valence-electron chi connectivity index (χ4n) is 1.08. The zero-order valence-corrected chi connectivity index (χ0v) is 9.11. The molecular formula is C7H17NO5S. The standard InChI is InChI=1S/C7H17NO5S/c1-3-6(4-9)8(5-10)7(11)14(2,12)13/h6-7,9-11H,3-5H2,1-2H3. The number of hydrogen-bond acceptors (Lipinski definition) is 6. The van der Waals surface area contributed by atoms with Crippen molar-refractivity contribution in [2.45, 2.75) is 24.9 Å². The Labute approximate surface area is 83.7 Å². The van der Waals surface area contributed by atoms with Gasteiger partial charge < -0.3 is 15.3 Å². The van der Waals surface area contributed by atoms with E-state index < -0.39 is 28.2 Å². The predicted octanol–water partition coefficient (Wildman–Crippen LogP) is -1.67. The molecule has 2 atom stereocenters. The maximum absolute atomic E-state index is 11.0. The van der Waals surface area contributed by atoms with E-state index in [1.165, 1.54) is 0 Å². The van der Waals surface area contributed by atoms with Crippen molar-refractivity contribution in [3.05, 3.63) is 0 Å². The van der Waals surface area contributed by atoms with Crippen LogP contribution in [0.25, 0.3) is 0 Å². The fraction of sp³-hybridized carbons (Fsp3) is 1.00.